The van der Waals surface area contributed by atoms with Crippen LogP contribution in [0.15, 0.2) is 0 Å². The summed E-state index contributed by atoms with van der Waals surface area (Å²) in [5, 5.41) is 0. The highest BCUT2D eigenvalue weighted by molar-refractivity contribution is 5.07. The van der Waals surface area contributed by atoms with Gasteiger partial charge in [0.2, 0.25) is 0 Å². The van der Waals surface area contributed by atoms with Crippen molar-refractivity contribution in [1.82, 2.24) is 4.90 Å². The first-order valence-corrected chi connectivity index (χ1v) is 4.34. The van der Waals surface area contributed by atoms with Gasteiger partial charge in [-0.15, -0.1) is 0 Å². The van der Waals surface area contributed by atoms with Gasteiger partial charge < -0.3 is 5.73 Å². The molecule has 4 aliphatic rings. The van der Waals surface area contributed by atoms with Crippen LogP contribution in [0, 0.1) is 11.8 Å². The molecule has 0 aromatic heterocycles. The van der Waals surface area contributed by atoms with Crippen LogP contribution >= 0.6 is 0 Å². The van der Waals surface area contributed by atoms with Gasteiger partial charge in [-0.1, -0.05) is 0 Å². The minimum absolute atomic E-state index is 0.527. The van der Waals surface area contributed by atoms with E-state index in [9.17, 15) is 0 Å². The van der Waals surface area contributed by atoms with E-state index in [1.54, 1.807) is 0 Å². The summed E-state index contributed by atoms with van der Waals surface area (Å²) < 4.78 is 0. The Labute approximate surface area is 61.4 Å². The van der Waals surface area contributed by atoms with Gasteiger partial charge in [0.15, 0.2) is 0 Å². The van der Waals surface area contributed by atoms with Crippen molar-refractivity contribution in [3.05, 3.63) is 0 Å². The summed E-state index contributed by atoms with van der Waals surface area (Å²) in [5.74, 6) is 1.88. The summed E-state index contributed by atoms with van der Waals surface area (Å²) in [5.41, 5.74) is 6.06. The molecule has 56 valence electrons. The van der Waals surface area contributed by atoms with Gasteiger partial charge in [-0.2, -0.15) is 0 Å². The average Bonchev–Trinajstić information content (AvgIpc) is 2.31. The summed E-state index contributed by atoms with van der Waals surface area (Å²) in [4.78, 5) is 2.60. The maximum Gasteiger partial charge on any atom is 0.0253 e. The Morgan fingerprint density at radius 2 is 2.10 bits per heavy atom. The molecule has 4 fully saturated rings. The van der Waals surface area contributed by atoms with E-state index in [4.69, 9.17) is 5.73 Å². The third kappa shape index (κ3) is 0.487. The predicted molar refractivity (Wildman–Crippen MR) is 39.6 cm³/mol. The number of nitrogens with two attached hydrogens (primary N) is 1. The largest absolute Gasteiger partial charge is 0.326 e. The lowest BCUT2D eigenvalue weighted by molar-refractivity contribution is 0.254. The maximum absolute atomic E-state index is 6.06. The molecule has 4 bridgehead atoms. The predicted octanol–water partition coefficient (Wildman–Crippen LogP) is 0.0377. The van der Waals surface area contributed by atoms with E-state index in [0.29, 0.717) is 6.04 Å². The second-order valence-electron chi connectivity index (χ2n) is 4.20. The van der Waals surface area contributed by atoms with Gasteiger partial charge in [0.25, 0.3) is 0 Å². The Morgan fingerprint density at radius 3 is 2.80 bits per heavy atom. The molecule has 3 saturated heterocycles. The van der Waals surface area contributed by atoms with E-state index in [0.717, 1.165) is 17.9 Å². The van der Waals surface area contributed by atoms with Gasteiger partial charge in [-0.3, -0.25) is 4.90 Å². The number of nitrogens with zero attached hydrogens (tertiary/aromatic N) is 1. The van der Waals surface area contributed by atoms with Crippen LogP contribution in [0.2, 0.25) is 0 Å². The van der Waals surface area contributed by atoms with Crippen LogP contribution in [0.1, 0.15) is 12.8 Å². The van der Waals surface area contributed by atoms with Crippen LogP contribution in [-0.2, 0) is 0 Å². The van der Waals surface area contributed by atoms with Gasteiger partial charge in [0, 0.05) is 25.2 Å². The van der Waals surface area contributed by atoms with Crippen molar-refractivity contribution in [3.63, 3.8) is 0 Å². The van der Waals surface area contributed by atoms with E-state index in [2.05, 4.69) is 4.90 Å². The van der Waals surface area contributed by atoms with E-state index >= 15 is 0 Å². The van der Waals surface area contributed by atoms with Crippen molar-refractivity contribution in [2.45, 2.75) is 24.9 Å². The van der Waals surface area contributed by atoms with Crippen LogP contribution in [0.4, 0.5) is 0 Å². The minimum atomic E-state index is 0.527. The molecule has 0 spiro atoms. The summed E-state index contributed by atoms with van der Waals surface area (Å²) in [6.07, 6.45) is 2.83. The zero-order valence-corrected chi connectivity index (χ0v) is 6.16. The number of rotatable bonds is 0. The standard InChI is InChI=1S/C8H14N2/c9-8-6-1-5-2-7(8)10(3-5)4-6/h5-8H,1-4,9H2/t5-,6-,7+,8+/m0/s1. The van der Waals surface area contributed by atoms with Crippen LogP contribution in [0.5, 0.6) is 0 Å². The van der Waals surface area contributed by atoms with Crippen molar-refractivity contribution >= 4 is 0 Å². The molecule has 3 heterocycles. The monoisotopic (exact) mass is 138 g/mol. The van der Waals surface area contributed by atoms with E-state index < -0.39 is 0 Å². The molecule has 10 heavy (non-hydrogen) atoms. The lowest BCUT2D eigenvalue weighted by Gasteiger charge is -2.27. The molecule has 2 heteroatoms. The molecule has 0 aromatic carbocycles. The van der Waals surface area contributed by atoms with Crippen molar-refractivity contribution in [2.24, 2.45) is 17.6 Å². The van der Waals surface area contributed by atoms with Gasteiger partial charge in [-0.05, 0) is 24.7 Å². The molecule has 3 aliphatic heterocycles. The minimum Gasteiger partial charge on any atom is -0.326 e. The molecular weight excluding hydrogens is 124 g/mol. The Hall–Kier alpha value is -0.0800. The molecule has 1 saturated carbocycles. The molecule has 2 N–H and O–H groups in total. The number of hydrogen-bond donors (Lipinski definition) is 1. The molecule has 4 rings (SSSR count). The maximum atomic E-state index is 6.06. The number of piperidine rings is 1. The third-order valence-corrected chi connectivity index (χ3v) is 3.63. The summed E-state index contributed by atoms with van der Waals surface area (Å²) in [6.45, 7) is 2.66. The summed E-state index contributed by atoms with van der Waals surface area (Å²) in [7, 11) is 0. The zero-order chi connectivity index (χ0) is 6.72. The lowest BCUT2D eigenvalue weighted by atomic mass is 9.80. The molecule has 5 atom stereocenters. The van der Waals surface area contributed by atoms with Crippen molar-refractivity contribution in [3.8, 4) is 0 Å². The molecule has 0 radical (unpaired) electrons. The Morgan fingerprint density at radius 1 is 1.20 bits per heavy atom. The third-order valence-electron chi connectivity index (χ3n) is 3.63. The van der Waals surface area contributed by atoms with Crippen LogP contribution in [0.25, 0.3) is 0 Å². The first kappa shape index (κ1) is 5.56. The second-order valence-corrected chi connectivity index (χ2v) is 4.20. The summed E-state index contributed by atoms with van der Waals surface area (Å²) >= 11 is 0. The van der Waals surface area contributed by atoms with Crippen LogP contribution in [0.3, 0.4) is 0 Å². The Bertz CT molecular complexity index is 163. The number of hydrogen-bond acceptors (Lipinski definition) is 2. The van der Waals surface area contributed by atoms with E-state index in [-0.39, 0.29) is 0 Å². The lowest BCUT2D eigenvalue weighted by Crippen LogP contribution is -2.39. The van der Waals surface area contributed by atoms with Crippen LogP contribution in [-0.4, -0.2) is 30.1 Å². The fourth-order valence-electron chi connectivity index (χ4n) is 3.21. The highest BCUT2D eigenvalue weighted by atomic mass is 15.3. The molecular formula is C8H14N2. The summed E-state index contributed by atoms with van der Waals surface area (Å²) in [6, 6.07) is 1.31. The second kappa shape index (κ2) is 1.56. The van der Waals surface area contributed by atoms with Gasteiger partial charge in [-0.25, -0.2) is 0 Å². The molecule has 1 unspecified atom stereocenters. The average molecular weight is 138 g/mol. The first-order chi connectivity index (χ1) is 4.84. The molecule has 1 aliphatic carbocycles. The molecule has 0 aromatic rings. The quantitative estimate of drug-likeness (QED) is 0.512. The van der Waals surface area contributed by atoms with Crippen molar-refractivity contribution in [2.75, 3.05) is 13.1 Å². The fraction of sp³-hybridized carbons (Fsp3) is 1.00. The topological polar surface area (TPSA) is 29.3 Å². The van der Waals surface area contributed by atoms with Crippen molar-refractivity contribution < 1.29 is 0 Å². The van der Waals surface area contributed by atoms with Gasteiger partial charge in [0.1, 0.15) is 0 Å². The molecule has 2 nitrogen and oxygen atoms in total. The highest BCUT2D eigenvalue weighted by Crippen LogP contribution is 2.44. The van der Waals surface area contributed by atoms with E-state index in [1.165, 1.54) is 25.9 Å². The Balaban J connectivity index is 1.99. The highest BCUT2D eigenvalue weighted by Gasteiger charge is 2.50. The fourth-order valence-corrected chi connectivity index (χ4v) is 3.21. The Kier molecular flexibility index (Phi) is 0.868. The van der Waals surface area contributed by atoms with Crippen LogP contribution < -0.4 is 5.73 Å². The smallest absolute Gasteiger partial charge is 0.0253 e. The van der Waals surface area contributed by atoms with Gasteiger partial charge >= 0.3 is 0 Å². The zero-order valence-electron chi connectivity index (χ0n) is 6.16. The SMILES string of the molecule is N[C@@H]1[C@H]2C[C@H]3C[C@H]1N(C3)C2. The first-order valence-electron chi connectivity index (χ1n) is 4.34. The van der Waals surface area contributed by atoms with Gasteiger partial charge in [0.05, 0.1) is 0 Å². The normalized spacial score (nSPS) is 63.9. The van der Waals surface area contributed by atoms with E-state index in [1.807, 2.05) is 0 Å². The van der Waals surface area contributed by atoms with Crippen molar-refractivity contribution in [1.29, 1.82) is 0 Å². The molecule has 0 amide bonds.